The highest BCUT2D eigenvalue weighted by Crippen LogP contribution is 2.57. The number of hydrogen-bond donors (Lipinski definition) is 1. The maximum absolute atomic E-state index is 13.4. The minimum absolute atomic E-state index is 0.0116. The van der Waals surface area contributed by atoms with Crippen LogP contribution in [-0.2, 0) is 0 Å². The molecule has 1 N–H and O–H groups in total. The van der Waals surface area contributed by atoms with Gasteiger partial charge >= 0.3 is 6.18 Å². The smallest absolute Gasteiger partial charge is 0.397 e. The fourth-order valence-corrected chi connectivity index (χ4v) is 5.92. The molecule has 0 unspecified atom stereocenters. The maximum Gasteiger partial charge on any atom is 0.397 e. The van der Waals surface area contributed by atoms with Gasteiger partial charge in [-0.15, -0.1) is 5.10 Å². The van der Waals surface area contributed by atoms with E-state index < -0.39 is 18.2 Å². The van der Waals surface area contributed by atoms with Crippen molar-refractivity contribution in [1.82, 2.24) is 19.5 Å². The highest BCUT2D eigenvalue weighted by molar-refractivity contribution is 7.98. The minimum atomic E-state index is -4.29. The first-order valence-electron chi connectivity index (χ1n) is 12.9. The Balaban J connectivity index is 1.41. The number of rotatable bonds is 8. The van der Waals surface area contributed by atoms with E-state index in [1.54, 1.807) is 18.3 Å². The van der Waals surface area contributed by atoms with E-state index >= 15 is 0 Å². The molecule has 1 aliphatic carbocycles. The van der Waals surface area contributed by atoms with Crippen LogP contribution in [0.25, 0.3) is 5.82 Å². The van der Waals surface area contributed by atoms with Crippen LogP contribution in [0.5, 0.6) is 5.88 Å². The van der Waals surface area contributed by atoms with Crippen LogP contribution in [-0.4, -0.2) is 45.5 Å². The lowest BCUT2D eigenvalue weighted by molar-refractivity contribution is -0.194. The molecule has 1 aliphatic heterocycles. The molecule has 2 fully saturated rings. The van der Waals surface area contributed by atoms with Crippen molar-refractivity contribution in [2.75, 3.05) is 18.1 Å². The van der Waals surface area contributed by atoms with E-state index in [1.165, 1.54) is 22.7 Å². The van der Waals surface area contributed by atoms with Gasteiger partial charge in [0.15, 0.2) is 5.82 Å². The summed E-state index contributed by atoms with van der Waals surface area (Å²) in [5.74, 6) is 0.785. The lowest BCUT2D eigenvalue weighted by Crippen LogP contribution is -2.40. The number of alkyl halides is 3. The van der Waals surface area contributed by atoms with E-state index in [-0.39, 0.29) is 35.6 Å². The van der Waals surface area contributed by atoms with Crippen molar-refractivity contribution < 1.29 is 22.7 Å². The van der Waals surface area contributed by atoms with Crippen molar-refractivity contribution in [3.63, 3.8) is 0 Å². The molecule has 1 saturated heterocycles. The van der Waals surface area contributed by atoms with E-state index in [4.69, 9.17) is 9.72 Å². The number of aromatic nitrogens is 3. The van der Waals surface area contributed by atoms with Crippen LogP contribution in [0, 0.1) is 10.8 Å². The molecule has 2 aromatic heterocycles. The zero-order chi connectivity index (χ0) is 28.1. The highest BCUT2D eigenvalue weighted by Gasteiger charge is 2.64. The second kappa shape index (κ2) is 9.76. The molecule has 5 rings (SSSR count). The van der Waals surface area contributed by atoms with Gasteiger partial charge in [0.2, 0.25) is 5.88 Å². The van der Waals surface area contributed by atoms with Crippen LogP contribution in [0.3, 0.4) is 0 Å². The van der Waals surface area contributed by atoms with Crippen molar-refractivity contribution in [2.24, 2.45) is 10.8 Å². The Hall–Kier alpha value is -3.21. The quantitative estimate of drug-likeness (QED) is 0.320. The van der Waals surface area contributed by atoms with Crippen molar-refractivity contribution >= 4 is 23.7 Å². The van der Waals surface area contributed by atoms with Crippen LogP contribution >= 0.6 is 11.9 Å². The Kier molecular flexibility index (Phi) is 6.85. The number of hydrogen-bond acceptors (Lipinski definition) is 6. The molecule has 2 aliphatic rings. The van der Waals surface area contributed by atoms with Gasteiger partial charge in [0, 0.05) is 29.2 Å². The maximum atomic E-state index is 13.4. The molecular formula is C28H32F3N5O2S. The molecule has 0 bridgehead atoms. The number of benzene rings is 1. The summed E-state index contributed by atoms with van der Waals surface area (Å²) in [6.07, 6.45) is -1.66. The third-order valence-corrected chi connectivity index (χ3v) is 8.14. The van der Waals surface area contributed by atoms with Gasteiger partial charge in [0.1, 0.15) is 17.8 Å². The number of pyridine rings is 1. The molecule has 11 heteroatoms. The molecule has 0 radical (unpaired) electrons. The lowest BCUT2D eigenvalue weighted by atomic mass is 9.86. The summed E-state index contributed by atoms with van der Waals surface area (Å²) in [6, 6.07) is 14.5. The average Bonchev–Trinajstić information content (AvgIpc) is 3.47. The van der Waals surface area contributed by atoms with Crippen molar-refractivity contribution in [3.8, 4) is 11.7 Å². The normalized spacial score (nSPS) is 19.1. The summed E-state index contributed by atoms with van der Waals surface area (Å²) in [4.78, 5) is 21.3. The van der Waals surface area contributed by atoms with Gasteiger partial charge in [-0.2, -0.15) is 13.2 Å². The first-order valence-corrected chi connectivity index (χ1v) is 13.7. The highest BCUT2D eigenvalue weighted by atomic mass is 32.2. The largest absolute Gasteiger partial charge is 0.476 e. The van der Waals surface area contributed by atoms with Gasteiger partial charge in [0.25, 0.3) is 5.91 Å². The predicted molar refractivity (Wildman–Crippen MR) is 144 cm³/mol. The van der Waals surface area contributed by atoms with Gasteiger partial charge in [-0.1, -0.05) is 32.0 Å². The van der Waals surface area contributed by atoms with Crippen LogP contribution in [0.15, 0.2) is 59.6 Å². The molecule has 0 spiro atoms. The molecular weight excluding hydrogens is 527 g/mol. The Morgan fingerprint density at radius 3 is 2.41 bits per heavy atom. The SMILES string of the molecule is CC1(C)CN(c2nc(-n3ccc(OCC4(C(F)(F)F)CC4)n3)ccc2C(=O)NSc2ccccc2)C(C)(C)C1. The predicted octanol–water partition coefficient (Wildman–Crippen LogP) is 6.44. The third kappa shape index (κ3) is 5.73. The summed E-state index contributed by atoms with van der Waals surface area (Å²) in [5.41, 5.74) is -1.59. The standard InChI is InChI=1S/C28H32F3N5O2S/c1-25(2)16-26(3,4)35(17-25)23-20(24(37)34-39-19-8-6-5-7-9-19)10-11-21(32-23)36-15-12-22(33-36)38-18-27(13-14-27)28(29,30)31/h5-12,15H,13-14,16-18H2,1-4H3,(H,34,37). The van der Waals surface area contributed by atoms with Crippen LogP contribution in [0.4, 0.5) is 19.0 Å². The molecule has 208 valence electrons. The molecule has 1 aromatic carbocycles. The van der Waals surface area contributed by atoms with Crippen LogP contribution < -0.4 is 14.4 Å². The summed E-state index contributed by atoms with van der Waals surface area (Å²) in [5, 5.41) is 4.32. The second-order valence-corrected chi connectivity index (χ2v) is 12.7. The number of amides is 1. The van der Waals surface area contributed by atoms with Gasteiger partial charge in [0.05, 0.1) is 5.56 Å². The number of halogens is 3. The molecule has 1 saturated carbocycles. The van der Waals surface area contributed by atoms with E-state index in [2.05, 4.69) is 42.4 Å². The third-order valence-electron chi connectivity index (χ3n) is 7.34. The number of carbonyl (C=O) groups excluding carboxylic acids is 1. The number of carbonyl (C=O) groups is 1. The van der Waals surface area contributed by atoms with Gasteiger partial charge in [-0.25, -0.2) is 9.67 Å². The Morgan fingerprint density at radius 2 is 1.79 bits per heavy atom. The van der Waals surface area contributed by atoms with Crippen molar-refractivity contribution in [3.05, 3.63) is 60.3 Å². The fourth-order valence-electron chi connectivity index (χ4n) is 5.31. The second-order valence-electron chi connectivity index (χ2n) is 11.8. The molecule has 3 heterocycles. The van der Waals surface area contributed by atoms with Crippen LogP contribution in [0.2, 0.25) is 0 Å². The van der Waals surface area contributed by atoms with Crippen LogP contribution in [0.1, 0.15) is 57.3 Å². The van der Waals surface area contributed by atoms with Crippen molar-refractivity contribution in [2.45, 2.75) is 63.6 Å². The zero-order valence-corrected chi connectivity index (χ0v) is 23.2. The summed E-state index contributed by atoms with van der Waals surface area (Å²) in [7, 11) is 0. The lowest BCUT2D eigenvalue weighted by Gasteiger charge is -2.33. The fraction of sp³-hybridized carbons (Fsp3) is 0.464. The number of nitrogens with zero attached hydrogens (tertiary/aromatic N) is 4. The first-order chi connectivity index (χ1) is 18.3. The summed E-state index contributed by atoms with van der Waals surface area (Å²) < 4.78 is 49.6. The van der Waals surface area contributed by atoms with E-state index in [0.29, 0.717) is 23.7 Å². The van der Waals surface area contributed by atoms with Crippen molar-refractivity contribution in [1.29, 1.82) is 0 Å². The number of nitrogens with one attached hydrogen (secondary N) is 1. The monoisotopic (exact) mass is 559 g/mol. The van der Waals surface area contributed by atoms with E-state index in [1.807, 2.05) is 30.3 Å². The minimum Gasteiger partial charge on any atom is -0.476 e. The Morgan fingerprint density at radius 1 is 1.08 bits per heavy atom. The number of ether oxygens (including phenoxy) is 1. The van der Waals surface area contributed by atoms with Gasteiger partial charge in [-0.3, -0.25) is 9.52 Å². The molecule has 3 aromatic rings. The Bertz CT molecular complexity index is 1350. The van der Waals surface area contributed by atoms with Gasteiger partial charge in [-0.05, 0) is 74.7 Å². The topological polar surface area (TPSA) is 72.3 Å². The molecule has 39 heavy (non-hydrogen) atoms. The summed E-state index contributed by atoms with van der Waals surface area (Å²) >= 11 is 1.23. The van der Waals surface area contributed by atoms with E-state index in [0.717, 1.165) is 11.3 Å². The molecule has 7 nitrogen and oxygen atoms in total. The first kappa shape index (κ1) is 27.4. The molecule has 1 amide bonds. The van der Waals surface area contributed by atoms with Gasteiger partial charge < -0.3 is 9.64 Å². The van der Waals surface area contributed by atoms with E-state index in [9.17, 15) is 18.0 Å². The average molecular weight is 560 g/mol. The summed E-state index contributed by atoms with van der Waals surface area (Å²) in [6.45, 7) is 8.88. The number of anilines is 1. The molecule has 0 atom stereocenters. The zero-order valence-electron chi connectivity index (χ0n) is 22.4. The Labute approximate surface area is 230 Å².